The van der Waals surface area contributed by atoms with Crippen molar-refractivity contribution in [1.82, 2.24) is 14.7 Å². The van der Waals surface area contributed by atoms with Gasteiger partial charge in [-0.2, -0.15) is 0 Å². The van der Waals surface area contributed by atoms with Crippen molar-refractivity contribution in [3.05, 3.63) is 58.1 Å². The minimum Gasteiger partial charge on any atom is -0.436 e. The lowest BCUT2D eigenvalue weighted by Gasteiger charge is -2.44. The number of halogens is 1. The van der Waals surface area contributed by atoms with E-state index in [1.165, 1.54) is 12.8 Å². The van der Waals surface area contributed by atoms with Crippen LogP contribution in [0, 0.1) is 0 Å². The number of nitrogens with zero attached hydrogens (tertiary/aromatic N) is 3. The predicted molar refractivity (Wildman–Crippen MR) is 172 cm³/mol. The maximum atomic E-state index is 14.0. The predicted octanol–water partition coefficient (Wildman–Crippen LogP) is 5.00. The number of hydrogen-bond acceptors (Lipinski definition) is 6. The van der Waals surface area contributed by atoms with Crippen molar-refractivity contribution < 1.29 is 19.1 Å². The van der Waals surface area contributed by atoms with E-state index in [0.29, 0.717) is 68.6 Å². The standard InChI is InChI=1S/C34H44ClN5O4/c1-2-24-19-23(20-27(35)31(24)36)21-29(32(42)39-15-9-25(10-16-39)38-13-5-6-14-38)44-33(43)40-17-11-34(12-18-40)22-30(41)37-28-8-4-3-7-26(28)34/h3-4,7-8,19-20,25,29H,2,5-6,9-18,21-22,36H2,1H3,(H,37,41)/t29-/m1/s1. The summed E-state index contributed by atoms with van der Waals surface area (Å²) < 4.78 is 6.08. The van der Waals surface area contributed by atoms with E-state index in [1.54, 1.807) is 11.0 Å². The van der Waals surface area contributed by atoms with Crippen LogP contribution < -0.4 is 11.1 Å². The number of benzene rings is 2. The number of nitrogen functional groups attached to an aromatic ring is 1. The summed E-state index contributed by atoms with van der Waals surface area (Å²) in [5.74, 6) is -0.150. The fourth-order valence-electron chi connectivity index (χ4n) is 7.71. The van der Waals surface area contributed by atoms with Gasteiger partial charge in [0.15, 0.2) is 6.10 Å². The van der Waals surface area contributed by atoms with E-state index in [2.05, 4.69) is 16.3 Å². The first-order chi connectivity index (χ1) is 21.3. The minimum absolute atomic E-state index is 0.00694. The first-order valence-corrected chi connectivity index (χ1v) is 16.6. The summed E-state index contributed by atoms with van der Waals surface area (Å²) in [6.07, 6.45) is 5.56. The maximum Gasteiger partial charge on any atom is 0.410 e. The molecular formula is C34H44ClN5O4. The number of ether oxygens (including phenoxy) is 1. The van der Waals surface area contributed by atoms with Gasteiger partial charge in [-0.15, -0.1) is 0 Å². The number of amides is 3. The highest BCUT2D eigenvalue weighted by Gasteiger charge is 2.44. The van der Waals surface area contributed by atoms with E-state index >= 15 is 0 Å². The van der Waals surface area contributed by atoms with Gasteiger partial charge in [0, 0.05) is 56.2 Å². The zero-order chi connectivity index (χ0) is 30.8. The Morgan fingerprint density at radius 3 is 2.45 bits per heavy atom. The molecule has 0 aromatic heterocycles. The van der Waals surface area contributed by atoms with E-state index < -0.39 is 12.2 Å². The summed E-state index contributed by atoms with van der Waals surface area (Å²) in [6.45, 7) is 6.52. The molecule has 2 aromatic rings. The Kier molecular flexibility index (Phi) is 9.06. The minimum atomic E-state index is -0.965. The average Bonchev–Trinajstić information content (AvgIpc) is 3.58. The molecule has 6 rings (SSSR count). The molecule has 3 amide bonds. The van der Waals surface area contributed by atoms with E-state index in [-0.39, 0.29) is 23.7 Å². The Hall–Kier alpha value is -3.30. The van der Waals surface area contributed by atoms with Crippen LogP contribution in [0.15, 0.2) is 36.4 Å². The summed E-state index contributed by atoms with van der Waals surface area (Å²) in [7, 11) is 0. The summed E-state index contributed by atoms with van der Waals surface area (Å²) >= 11 is 6.46. The summed E-state index contributed by atoms with van der Waals surface area (Å²) in [6, 6.07) is 12.2. The molecule has 4 heterocycles. The van der Waals surface area contributed by atoms with Crippen LogP contribution >= 0.6 is 11.6 Å². The van der Waals surface area contributed by atoms with Gasteiger partial charge in [0.05, 0.1) is 10.7 Å². The second-order valence-electron chi connectivity index (χ2n) is 12.9. The van der Waals surface area contributed by atoms with Crippen molar-refractivity contribution in [2.45, 2.75) is 82.3 Å². The second kappa shape index (κ2) is 13.0. The van der Waals surface area contributed by atoms with Crippen LogP contribution in [0.1, 0.15) is 68.6 Å². The van der Waals surface area contributed by atoms with Crippen LogP contribution in [0.5, 0.6) is 0 Å². The molecule has 3 fully saturated rings. The van der Waals surface area contributed by atoms with Gasteiger partial charge in [0.1, 0.15) is 0 Å². The maximum absolute atomic E-state index is 14.0. The molecule has 1 spiro atoms. The number of anilines is 2. The third-order valence-corrected chi connectivity index (χ3v) is 10.6. The lowest BCUT2D eigenvalue weighted by atomic mass is 9.68. The Labute approximate surface area is 265 Å². The van der Waals surface area contributed by atoms with Gasteiger partial charge in [-0.3, -0.25) is 9.59 Å². The van der Waals surface area contributed by atoms with Gasteiger partial charge in [-0.1, -0.05) is 42.8 Å². The molecule has 3 saturated heterocycles. The van der Waals surface area contributed by atoms with Crippen LogP contribution in [-0.2, 0) is 32.6 Å². The highest BCUT2D eigenvalue weighted by atomic mass is 35.5. The lowest BCUT2D eigenvalue weighted by Crippen LogP contribution is -2.52. The number of rotatable bonds is 6. The SMILES string of the molecule is CCc1cc(C[C@@H](OC(=O)N2CCC3(CC2)CC(=O)Nc2ccccc23)C(=O)N2CCC(N3CCCC3)CC2)cc(Cl)c1N. The number of nitrogens with two attached hydrogens (primary N) is 1. The number of carbonyl (C=O) groups is 3. The molecular weight excluding hydrogens is 578 g/mol. The number of likely N-dealkylation sites (tertiary alicyclic amines) is 3. The van der Waals surface area contributed by atoms with Crippen molar-refractivity contribution in [2.75, 3.05) is 50.3 Å². The topological polar surface area (TPSA) is 108 Å². The van der Waals surface area contributed by atoms with Crippen LogP contribution in [0.2, 0.25) is 5.02 Å². The number of hydrogen-bond donors (Lipinski definition) is 2. The van der Waals surface area contributed by atoms with Gasteiger partial charge < -0.3 is 30.5 Å². The molecule has 0 saturated carbocycles. The molecule has 3 N–H and O–H groups in total. The lowest BCUT2D eigenvalue weighted by molar-refractivity contribution is -0.142. The van der Waals surface area contributed by atoms with Gasteiger partial charge in [-0.05, 0) is 86.9 Å². The van der Waals surface area contributed by atoms with Crippen LogP contribution in [-0.4, -0.2) is 84.0 Å². The molecule has 4 aliphatic heterocycles. The number of nitrogens with one attached hydrogen (secondary N) is 1. The number of aryl methyl sites for hydroxylation is 1. The third-order valence-electron chi connectivity index (χ3n) is 10.3. The molecule has 0 aliphatic carbocycles. The van der Waals surface area contributed by atoms with E-state index in [9.17, 15) is 14.4 Å². The number of fused-ring (bicyclic) bond motifs is 2. The van der Waals surface area contributed by atoms with Gasteiger partial charge >= 0.3 is 6.09 Å². The highest BCUT2D eigenvalue weighted by molar-refractivity contribution is 6.33. The molecule has 10 heteroatoms. The summed E-state index contributed by atoms with van der Waals surface area (Å²) in [5.41, 5.74) is 10.1. The monoisotopic (exact) mass is 621 g/mol. The molecule has 0 radical (unpaired) electrons. The van der Waals surface area contributed by atoms with Crippen molar-refractivity contribution in [1.29, 1.82) is 0 Å². The Bertz CT molecular complexity index is 1390. The second-order valence-corrected chi connectivity index (χ2v) is 13.3. The molecule has 9 nitrogen and oxygen atoms in total. The van der Waals surface area contributed by atoms with Crippen LogP contribution in [0.4, 0.5) is 16.2 Å². The molecule has 236 valence electrons. The van der Waals surface area contributed by atoms with Crippen molar-refractivity contribution in [2.24, 2.45) is 0 Å². The first kappa shape index (κ1) is 30.7. The average molecular weight is 622 g/mol. The summed E-state index contributed by atoms with van der Waals surface area (Å²) in [5, 5.41) is 3.43. The zero-order valence-corrected chi connectivity index (χ0v) is 26.4. The molecule has 0 unspecified atom stereocenters. The van der Waals surface area contributed by atoms with E-state index in [4.69, 9.17) is 22.1 Å². The normalized spacial score (nSPS) is 21.2. The summed E-state index contributed by atoms with van der Waals surface area (Å²) in [4.78, 5) is 46.3. The zero-order valence-electron chi connectivity index (χ0n) is 25.7. The van der Waals surface area contributed by atoms with E-state index in [0.717, 1.165) is 48.3 Å². The molecule has 44 heavy (non-hydrogen) atoms. The smallest absolute Gasteiger partial charge is 0.410 e. The van der Waals surface area contributed by atoms with Crippen LogP contribution in [0.25, 0.3) is 0 Å². The molecule has 1 atom stereocenters. The number of piperidine rings is 2. The fraction of sp³-hybridized carbons (Fsp3) is 0.559. The fourth-order valence-corrected chi connectivity index (χ4v) is 7.98. The molecule has 2 aromatic carbocycles. The van der Waals surface area contributed by atoms with Crippen molar-refractivity contribution in [3.8, 4) is 0 Å². The number of carbonyl (C=O) groups excluding carboxylic acids is 3. The van der Waals surface area contributed by atoms with Crippen molar-refractivity contribution in [3.63, 3.8) is 0 Å². The Morgan fingerprint density at radius 1 is 1.05 bits per heavy atom. The van der Waals surface area contributed by atoms with E-state index in [1.807, 2.05) is 36.1 Å². The third kappa shape index (κ3) is 6.26. The van der Waals surface area contributed by atoms with Gasteiger partial charge in [0.2, 0.25) is 5.91 Å². The Morgan fingerprint density at radius 2 is 1.75 bits per heavy atom. The molecule has 4 aliphatic rings. The largest absolute Gasteiger partial charge is 0.436 e. The van der Waals surface area contributed by atoms with Crippen LogP contribution in [0.3, 0.4) is 0 Å². The highest BCUT2D eigenvalue weighted by Crippen LogP contribution is 2.45. The van der Waals surface area contributed by atoms with Crippen molar-refractivity contribution >= 4 is 40.9 Å². The quantitative estimate of drug-likeness (QED) is 0.440. The van der Waals surface area contributed by atoms with Gasteiger partial charge in [0.25, 0.3) is 5.91 Å². The Balaban J connectivity index is 1.16. The van der Waals surface area contributed by atoms with Gasteiger partial charge in [-0.25, -0.2) is 4.79 Å². The molecule has 0 bridgehead atoms. The number of para-hydroxylation sites is 1. The first-order valence-electron chi connectivity index (χ1n) is 16.2.